The lowest BCUT2D eigenvalue weighted by molar-refractivity contribution is -0.113. The Labute approximate surface area is 177 Å². The number of nitrogens with zero attached hydrogens (tertiary/aromatic N) is 4. The van der Waals surface area contributed by atoms with Gasteiger partial charge in [-0.1, -0.05) is 41.6 Å². The molecule has 0 atom stereocenters. The number of amides is 1. The summed E-state index contributed by atoms with van der Waals surface area (Å²) in [6.07, 6.45) is 5.39. The summed E-state index contributed by atoms with van der Waals surface area (Å²) >= 11 is 7.25. The molecule has 0 saturated carbocycles. The number of imidazole rings is 1. The van der Waals surface area contributed by atoms with Gasteiger partial charge in [-0.3, -0.25) is 4.79 Å². The number of hydrogen-bond acceptors (Lipinski definition) is 5. The molecular formula is C21H16ClN5OS. The molecule has 8 heteroatoms. The average Bonchev–Trinajstić information content (AvgIpc) is 3.28. The molecule has 144 valence electrons. The van der Waals surface area contributed by atoms with E-state index in [9.17, 15) is 4.79 Å². The first-order chi connectivity index (χ1) is 14.2. The minimum absolute atomic E-state index is 0.127. The van der Waals surface area contributed by atoms with Crippen LogP contribution in [0.25, 0.3) is 16.9 Å². The fourth-order valence-electron chi connectivity index (χ4n) is 2.67. The molecule has 2 aromatic heterocycles. The van der Waals surface area contributed by atoms with Gasteiger partial charge < -0.3 is 9.88 Å². The second kappa shape index (κ2) is 8.89. The molecule has 0 spiro atoms. The quantitative estimate of drug-likeness (QED) is 0.456. The van der Waals surface area contributed by atoms with Crippen molar-refractivity contribution < 1.29 is 4.79 Å². The van der Waals surface area contributed by atoms with E-state index >= 15 is 0 Å². The Balaban J connectivity index is 1.35. The summed E-state index contributed by atoms with van der Waals surface area (Å²) in [4.78, 5) is 16.1. The molecule has 0 bridgehead atoms. The predicted molar refractivity (Wildman–Crippen MR) is 115 cm³/mol. The van der Waals surface area contributed by atoms with Crippen LogP contribution in [0.5, 0.6) is 0 Å². The van der Waals surface area contributed by atoms with E-state index in [4.69, 9.17) is 11.6 Å². The topological polar surface area (TPSA) is 72.7 Å². The Hall–Kier alpha value is -3.16. The molecule has 4 rings (SSSR count). The molecule has 0 unspecified atom stereocenters. The summed E-state index contributed by atoms with van der Waals surface area (Å²) in [6, 6.07) is 18.8. The normalized spacial score (nSPS) is 10.7. The maximum atomic E-state index is 12.1. The van der Waals surface area contributed by atoms with Crippen LogP contribution in [0.1, 0.15) is 0 Å². The van der Waals surface area contributed by atoms with Gasteiger partial charge in [-0.15, -0.1) is 10.2 Å². The largest absolute Gasteiger partial charge is 0.325 e. The van der Waals surface area contributed by atoms with Crippen LogP contribution >= 0.6 is 23.4 Å². The van der Waals surface area contributed by atoms with E-state index in [1.54, 1.807) is 36.8 Å². The molecule has 1 N–H and O–H groups in total. The van der Waals surface area contributed by atoms with Gasteiger partial charge in [0.25, 0.3) is 0 Å². The highest BCUT2D eigenvalue weighted by atomic mass is 35.5. The van der Waals surface area contributed by atoms with E-state index in [1.165, 1.54) is 11.8 Å². The van der Waals surface area contributed by atoms with Crippen molar-refractivity contribution in [3.8, 4) is 16.9 Å². The molecule has 0 fully saturated rings. The van der Waals surface area contributed by atoms with Gasteiger partial charge in [0, 0.05) is 34.4 Å². The van der Waals surface area contributed by atoms with Crippen molar-refractivity contribution in [1.82, 2.24) is 19.7 Å². The number of rotatable bonds is 6. The van der Waals surface area contributed by atoms with Crippen molar-refractivity contribution >= 4 is 35.0 Å². The second-order valence-corrected chi connectivity index (χ2v) is 7.55. The summed E-state index contributed by atoms with van der Waals surface area (Å²) in [7, 11) is 0. The van der Waals surface area contributed by atoms with Gasteiger partial charge in [0.05, 0.1) is 17.8 Å². The minimum Gasteiger partial charge on any atom is -0.325 e. The summed E-state index contributed by atoms with van der Waals surface area (Å²) in [6.45, 7) is 0. The van der Waals surface area contributed by atoms with E-state index in [1.807, 2.05) is 47.2 Å². The highest BCUT2D eigenvalue weighted by molar-refractivity contribution is 7.99. The summed E-state index contributed by atoms with van der Waals surface area (Å²) in [5.74, 6) is 0.110. The van der Waals surface area contributed by atoms with Crippen LogP contribution in [0.3, 0.4) is 0 Å². The van der Waals surface area contributed by atoms with Crippen LogP contribution in [-0.4, -0.2) is 31.4 Å². The SMILES string of the molecule is O=C(CSc1ccc(-c2ccc(-n3ccnc3)cc2)nn1)Nc1cccc(Cl)c1. The highest BCUT2D eigenvalue weighted by Gasteiger charge is 2.07. The van der Waals surface area contributed by atoms with E-state index in [0.29, 0.717) is 15.7 Å². The Morgan fingerprint density at radius 1 is 1.07 bits per heavy atom. The molecule has 6 nitrogen and oxygen atoms in total. The molecule has 2 aromatic carbocycles. The van der Waals surface area contributed by atoms with Crippen LogP contribution < -0.4 is 5.32 Å². The zero-order chi connectivity index (χ0) is 20.1. The Morgan fingerprint density at radius 3 is 2.62 bits per heavy atom. The van der Waals surface area contributed by atoms with Crippen molar-refractivity contribution in [3.05, 3.63) is 84.4 Å². The van der Waals surface area contributed by atoms with E-state index in [0.717, 1.165) is 16.9 Å². The molecule has 0 saturated heterocycles. The lowest BCUT2D eigenvalue weighted by Gasteiger charge is -2.06. The van der Waals surface area contributed by atoms with Crippen LogP contribution in [-0.2, 0) is 4.79 Å². The Kier molecular flexibility index (Phi) is 5.88. The summed E-state index contributed by atoms with van der Waals surface area (Å²) < 4.78 is 1.93. The highest BCUT2D eigenvalue weighted by Crippen LogP contribution is 2.22. The van der Waals surface area contributed by atoms with Gasteiger partial charge in [0.1, 0.15) is 5.03 Å². The zero-order valence-corrected chi connectivity index (χ0v) is 16.8. The first-order valence-corrected chi connectivity index (χ1v) is 10.1. The molecule has 4 aromatic rings. The fraction of sp³-hybridized carbons (Fsp3) is 0.0476. The molecular weight excluding hydrogens is 406 g/mol. The van der Waals surface area contributed by atoms with E-state index < -0.39 is 0 Å². The number of carbonyl (C=O) groups excluding carboxylic acids is 1. The van der Waals surface area contributed by atoms with Gasteiger partial charge in [-0.2, -0.15) is 0 Å². The Bertz CT molecular complexity index is 1100. The van der Waals surface area contributed by atoms with Gasteiger partial charge in [-0.05, 0) is 42.5 Å². The number of aromatic nitrogens is 4. The van der Waals surface area contributed by atoms with Crippen molar-refractivity contribution in [1.29, 1.82) is 0 Å². The van der Waals surface area contributed by atoms with Gasteiger partial charge in [0.15, 0.2) is 0 Å². The number of hydrogen-bond donors (Lipinski definition) is 1. The molecule has 2 heterocycles. The third kappa shape index (κ3) is 5.01. The standard InChI is InChI=1S/C21H16ClN5OS/c22-16-2-1-3-17(12-16)24-20(28)13-29-21-9-8-19(25-26-21)15-4-6-18(7-5-15)27-11-10-23-14-27/h1-12,14H,13H2,(H,24,28). The molecule has 0 aliphatic rings. The number of carbonyl (C=O) groups is 1. The summed E-state index contributed by atoms with van der Waals surface area (Å²) in [5.41, 5.74) is 3.44. The Morgan fingerprint density at radius 2 is 1.93 bits per heavy atom. The average molecular weight is 422 g/mol. The fourth-order valence-corrected chi connectivity index (χ4v) is 3.47. The molecule has 0 aliphatic carbocycles. The first-order valence-electron chi connectivity index (χ1n) is 8.78. The molecule has 1 amide bonds. The monoisotopic (exact) mass is 421 g/mol. The summed E-state index contributed by atoms with van der Waals surface area (Å²) in [5, 5.41) is 12.6. The van der Waals surface area contributed by atoms with Crippen molar-refractivity contribution in [3.63, 3.8) is 0 Å². The first kappa shape index (κ1) is 19.2. The lowest BCUT2D eigenvalue weighted by atomic mass is 10.1. The number of halogens is 1. The van der Waals surface area contributed by atoms with Gasteiger partial charge in [-0.25, -0.2) is 4.98 Å². The van der Waals surface area contributed by atoms with Crippen molar-refractivity contribution in [2.24, 2.45) is 0 Å². The third-order valence-corrected chi connectivity index (χ3v) is 5.22. The molecule has 0 radical (unpaired) electrons. The number of benzene rings is 2. The van der Waals surface area contributed by atoms with Crippen LogP contribution in [0.2, 0.25) is 5.02 Å². The minimum atomic E-state index is -0.127. The third-order valence-electron chi connectivity index (χ3n) is 4.07. The van der Waals surface area contributed by atoms with Gasteiger partial charge >= 0.3 is 0 Å². The second-order valence-electron chi connectivity index (χ2n) is 6.12. The van der Waals surface area contributed by atoms with Crippen LogP contribution in [0, 0.1) is 0 Å². The van der Waals surface area contributed by atoms with Gasteiger partial charge in [0.2, 0.25) is 5.91 Å². The van der Waals surface area contributed by atoms with E-state index in [2.05, 4.69) is 20.5 Å². The van der Waals surface area contributed by atoms with Crippen LogP contribution in [0.4, 0.5) is 5.69 Å². The number of nitrogens with one attached hydrogen (secondary N) is 1. The van der Waals surface area contributed by atoms with Crippen molar-refractivity contribution in [2.75, 3.05) is 11.1 Å². The van der Waals surface area contributed by atoms with Crippen molar-refractivity contribution in [2.45, 2.75) is 5.03 Å². The maximum Gasteiger partial charge on any atom is 0.234 e. The number of anilines is 1. The number of thioether (sulfide) groups is 1. The van der Waals surface area contributed by atoms with E-state index in [-0.39, 0.29) is 11.7 Å². The molecule has 29 heavy (non-hydrogen) atoms. The maximum absolute atomic E-state index is 12.1. The lowest BCUT2D eigenvalue weighted by Crippen LogP contribution is -2.14. The smallest absolute Gasteiger partial charge is 0.234 e. The zero-order valence-electron chi connectivity index (χ0n) is 15.2. The molecule has 0 aliphatic heterocycles. The van der Waals surface area contributed by atoms with Crippen LogP contribution in [0.15, 0.2) is 84.4 Å². The predicted octanol–water partition coefficient (Wildman–Crippen LogP) is 4.71.